The van der Waals surface area contributed by atoms with Crippen LogP contribution in [0.5, 0.6) is 11.9 Å². The lowest BCUT2D eigenvalue weighted by Crippen LogP contribution is -2.16. The van der Waals surface area contributed by atoms with Crippen LogP contribution in [0.3, 0.4) is 0 Å². The Morgan fingerprint density at radius 2 is 1.89 bits per heavy atom. The van der Waals surface area contributed by atoms with E-state index in [0.717, 1.165) is 5.56 Å². The molecule has 1 aromatic rings. The summed E-state index contributed by atoms with van der Waals surface area (Å²) in [6, 6.07) is 0.252. The lowest BCUT2D eigenvalue weighted by atomic mass is 10.1. The van der Waals surface area contributed by atoms with Crippen molar-refractivity contribution >= 4 is 11.6 Å². The summed E-state index contributed by atoms with van der Waals surface area (Å²) in [6.45, 7) is 1.56. The molecule has 1 heterocycles. The molecule has 0 aliphatic heterocycles. The van der Waals surface area contributed by atoms with Crippen molar-refractivity contribution in [3.05, 3.63) is 5.56 Å². The predicted octanol–water partition coefficient (Wildman–Crippen LogP) is 1.08. The average Bonchev–Trinajstić information content (AvgIpc) is 2.34. The van der Waals surface area contributed by atoms with Crippen molar-refractivity contribution in [3.8, 4) is 11.9 Å². The third-order valence-corrected chi connectivity index (χ3v) is 2.45. The van der Waals surface area contributed by atoms with Crippen molar-refractivity contribution in [2.24, 2.45) is 0 Å². The number of nitrogens with zero attached hydrogens (tertiary/aromatic N) is 3. The quantitative estimate of drug-likeness (QED) is 0.756. The smallest absolute Gasteiger partial charge is 0.321 e. The van der Waals surface area contributed by atoms with Gasteiger partial charge in [-0.1, -0.05) is 0 Å². The SMILES string of the molecule is COc1nc(OC)c(CCC(C)=O)c(N(C)C)n1. The molecule has 18 heavy (non-hydrogen) atoms. The van der Waals surface area contributed by atoms with Crippen LogP contribution in [0.15, 0.2) is 0 Å². The Morgan fingerprint density at radius 1 is 1.22 bits per heavy atom. The minimum atomic E-state index is 0.123. The Kier molecular flexibility index (Phi) is 4.88. The van der Waals surface area contributed by atoms with Gasteiger partial charge in [-0.3, -0.25) is 0 Å². The zero-order valence-corrected chi connectivity index (χ0v) is 11.5. The maximum atomic E-state index is 11.1. The first kappa shape index (κ1) is 14.2. The molecule has 0 aliphatic carbocycles. The largest absolute Gasteiger partial charge is 0.481 e. The van der Waals surface area contributed by atoms with Crippen LogP contribution in [0.25, 0.3) is 0 Å². The number of ether oxygens (including phenoxy) is 2. The fourth-order valence-corrected chi connectivity index (χ4v) is 1.58. The zero-order valence-electron chi connectivity index (χ0n) is 11.5. The van der Waals surface area contributed by atoms with E-state index in [1.165, 1.54) is 7.11 Å². The van der Waals surface area contributed by atoms with Crippen LogP contribution < -0.4 is 14.4 Å². The van der Waals surface area contributed by atoms with Crippen LogP contribution in [-0.4, -0.2) is 44.1 Å². The van der Waals surface area contributed by atoms with Gasteiger partial charge in [0.05, 0.1) is 19.8 Å². The number of Topliss-reactive ketones (excluding diaryl/α,β-unsaturated/α-hetero) is 1. The minimum absolute atomic E-state index is 0.123. The first-order chi connectivity index (χ1) is 8.49. The summed E-state index contributed by atoms with van der Waals surface area (Å²) >= 11 is 0. The Balaban J connectivity index is 3.21. The van der Waals surface area contributed by atoms with Crippen molar-refractivity contribution in [1.29, 1.82) is 0 Å². The minimum Gasteiger partial charge on any atom is -0.481 e. The first-order valence-corrected chi connectivity index (χ1v) is 5.65. The molecule has 6 heteroatoms. The lowest BCUT2D eigenvalue weighted by Gasteiger charge is -2.18. The van der Waals surface area contributed by atoms with Crippen LogP contribution in [0.2, 0.25) is 0 Å². The summed E-state index contributed by atoms with van der Waals surface area (Å²) in [7, 11) is 6.79. The van der Waals surface area contributed by atoms with Crippen LogP contribution >= 0.6 is 0 Å². The van der Waals surface area contributed by atoms with Crippen molar-refractivity contribution in [1.82, 2.24) is 9.97 Å². The molecular formula is C12H19N3O3. The van der Waals surface area contributed by atoms with Crippen LogP contribution in [0.1, 0.15) is 18.9 Å². The Hall–Kier alpha value is -1.85. The van der Waals surface area contributed by atoms with Gasteiger partial charge in [-0.05, 0) is 13.3 Å². The Bertz CT molecular complexity index is 433. The first-order valence-electron chi connectivity index (χ1n) is 5.65. The number of ketones is 1. The van der Waals surface area contributed by atoms with Gasteiger partial charge < -0.3 is 19.2 Å². The molecule has 0 saturated heterocycles. The number of methoxy groups -OCH3 is 2. The van der Waals surface area contributed by atoms with Gasteiger partial charge in [-0.15, -0.1) is 0 Å². The molecule has 0 unspecified atom stereocenters. The maximum absolute atomic E-state index is 11.1. The number of aromatic nitrogens is 2. The molecule has 1 aromatic heterocycles. The number of anilines is 1. The molecule has 0 N–H and O–H groups in total. The zero-order chi connectivity index (χ0) is 13.7. The molecular weight excluding hydrogens is 234 g/mol. The highest BCUT2D eigenvalue weighted by Crippen LogP contribution is 2.28. The van der Waals surface area contributed by atoms with E-state index in [2.05, 4.69) is 9.97 Å². The van der Waals surface area contributed by atoms with Crippen molar-refractivity contribution < 1.29 is 14.3 Å². The van der Waals surface area contributed by atoms with Crippen LogP contribution in [-0.2, 0) is 11.2 Å². The van der Waals surface area contributed by atoms with Gasteiger partial charge in [0.1, 0.15) is 11.6 Å². The van der Waals surface area contributed by atoms with Crippen molar-refractivity contribution in [2.45, 2.75) is 19.8 Å². The Labute approximate surface area is 107 Å². The number of rotatable bonds is 6. The summed E-state index contributed by atoms with van der Waals surface area (Å²) in [4.78, 5) is 21.4. The van der Waals surface area contributed by atoms with E-state index in [1.807, 2.05) is 19.0 Å². The van der Waals surface area contributed by atoms with Crippen LogP contribution in [0.4, 0.5) is 5.82 Å². The van der Waals surface area contributed by atoms with E-state index in [0.29, 0.717) is 24.5 Å². The predicted molar refractivity (Wildman–Crippen MR) is 68.5 cm³/mol. The molecule has 0 radical (unpaired) electrons. The average molecular weight is 253 g/mol. The normalized spacial score (nSPS) is 10.1. The van der Waals surface area contributed by atoms with E-state index in [-0.39, 0.29) is 11.8 Å². The van der Waals surface area contributed by atoms with Gasteiger partial charge in [0.2, 0.25) is 5.88 Å². The topological polar surface area (TPSA) is 64.6 Å². The molecule has 0 aliphatic rings. The Morgan fingerprint density at radius 3 is 2.33 bits per heavy atom. The van der Waals surface area contributed by atoms with E-state index in [1.54, 1.807) is 14.0 Å². The second-order valence-corrected chi connectivity index (χ2v) is 4.12. The molecule has 0 saturated carbocycles. The molecule has 0 atom stereocenters. The fraction of sp³-hybridized carbons (Fsp3) is 0.583. The standard InChI is InChI=1S/C12H19N3O3/c1-8(16)6-7-9-10(15(2)3)13-12(18-5)14-11(9)17-4/h6-7H2,1-5H3. The molecule has 0 aromatic carbocycles. The van der Waals surface area contributed by atoms with Gasteiger partial charge in [0, 0.05) is 20.5 Å². The van der Waals surface area contributed by atoms with Gasteiger partial charge in [0.15, 0.2) is 0 Å². The van der Waals surface area contributed by atoms with E-state index in [4.69, 9.17) is 9.47 Å². The molecule has 6 nitrogen and oxygen atoms in total. The van der Waals surface area contributed by atoms with E-state index < -0.39 is 0 Å². The summed E-state index contributed by atoms with van der Waals surface area (Å²) < 4.78 is 10.3. The van der Waals surface area contributed by atoms with Gasteiger partial charge in [-0.25, -0.2) is 0 Å². The van der Waals surface area contributed by atoms with Crippen LogP contribution in [0, 0.1) is 0 Å². The number of carbonyl (C=O) groups excluding carboxylic acids is 1. The molecule has 0 amide bonds. The highest BCUT2D eigenvalue weighted by molar-refractivity contribution is 5.76. The second-order valence-electron chi connectivity index (χ2n) is 4.12. The van der Waals surface area contributed by atoms with Crippen molar-refractivity contribution in [3.63, 3.8) is 0 Å². The van der Waals surface area contributed by atoms with Gasteiger partial charge in [-0.2, -0.15) is 9.97 Å². The van der Waals surface area contributed by atoms with E-state index in [9.17, 15) is 4.79 Å². The summed E-state index contributed by atoms with van der Waals surface area (Å²) in [5, 5.41) is 0. The fourth-order valence-electron chi connectivity index (χ4n) is 1.58. The monoisotopic (exact) mass is 253 g/mol. The molecule has 1 rings (SSSR count). The summed E-state index contributed by atoms with van der Waals surface area (Å²) in [5.41, 5.74) is 0.818. The number of hydrogen-bond donors (Lipinski definition) is 0. The number of carbonyl (C=O) groups is 1. The molecule has 100 valence electrons. The van der Waals surface area contributed by atoms with Gasteiger partial charge in [0.25, 0.3) is 0 Å². The highest BCUT2D eigenvalue weighted by atomic mass is 16.5. The molecule has 0 fully saturated rings. The second kappa shape index (κ2) is 6.18. The molecule has 0 bridgehead atoms. The third-order valence-electron chi connectivity index (χ3n) is 2.45. The lowest BCUT2D eigenvalue weighted by molar-refractivity contribution is -0.116. The van der Waals surface area contributed by atoms with Gasteiger partial charge >= 0.3 is 6.01 Å². The summed E-state index contributed by atoms with van der Waals surface area (Å²) in [6.07, 6.45) is 0.989. The number of hydrogen-bond acceptors (Lipinski definition) is 6. The summed E-state index contributed by atoms with van der Waals surface area (Å²) in [5.74, 6) is 1.28. The highest BCUT2D eigenvalue weighted by Gasteiger charge is 2.17. The molecule has 0 spiro atoms. The van der Waals surface area contributed by atoms with E-state index >= 15 is 0 Å². The third kappa shape index (κ3) is 3.32. The maximum Gasteiger partial charge on any atom is 0.321 e. The van der Waals surface area contributed by atoms with Crippen molar-refractivity contribution in [2.75, 3.05) is 33.2 Å².